The van der Waals surface area contributed by atoms with Gasteiger partial charge in [0.15, 0.2) is 5.76 Å². The largest absolute Gasteiger partial charge is 0.466 e. The van der Waals surface area contributed by atoms with Crippen molar-refractivity contribution in [3.8, 4) is 0 Å². The molecule has 0 unspecified atom stereocenters. The molecule has 1 aromatic rings. The molecular formula is C14H21N3O4. The Morgan fingerprint density at radius 3 is 3.05 bits per heavy atom. The number of carbonyl (C=O) groups is 2. The van der Waals surface area contributed by atoms with Crippen molar-refractivity contribution in [3.05, 3.63) is 17.5 Å². The van der Waals surface area contributed by atoms with E-state index < -0.39 is 0 Å². The first-order chi connectivity index (χ1) is 10.1. The minimum atomic E-state index is -0.304. The molecule has 0 radical (unpaired) electrons. The van der Waals surface area contributed by atoms with Crippen LogP contribution in [0.3, 0.4) is 0 Å². The summed E-state index contributed by atoms with van der Waals surface area (Å²) in [5, 5.41) is 6.61. The highest BCUT2D eigenvalue weighted by Gasteiger charge is 2.32. The van der Waals surface area contributed by atoms with Gasteiger partial charge in [-0.1, -0.05) is 5.16 Å². The van der Waals surface area contributed by atoms with Crippen molar-refractivity contribution in [3.63, 3.8) is 0 Å². The highest BCUT2D eigenvalue weighted by molar-refractivity contribution is 5.76. The van der Waals surface area contributed by atoms with Crippen LogP contribution in [-0.2, 0) is 9.53 Å². The number of amides is 2. The van der Waals surface area contributed by atoms with Gasteiger partial charge in [-0.2, -0.15) is 0 Å². The quantitative estimate of drug-likeness (QED) is 0.837. The van der Waals surface area contributed by atoms with E-state index in [4.69, 9.17) is 9.26 Å². The molecular weight excluding hydrogens is 274 g/mol. The summed E-state index contributed by atoms with van der Waals surface area (Å²) >= 11 is 0. The van der Waals surface area contributed by atoms with E-state index in [2.05, 4.69) is 10.5 Å². The van der Waals surface area contributed by atoms with Crippen molar-refractivity contribution in [1.82, 2.24) is 15.4 Å². The van der Waals surface area contributed by atoms with Crippen LogP contribution < -0.4 is 5.32 Å². The van der Waals surface area contributed by atoms with Gasteiger partial charge < -0.3 is 19.5 Å². The van der Waals surface area contributed by atoms with Gasteiger partial charge in [-0.05, 0) is 26.7 Å². The van der Waals surface area contributed by atoms with Gasteiger partial charge in [-0.15, -0.1) is 0 Å². The van der Waals surface area contributed by atoms with Gasteiger partial charge in [0.25, 0.3) is 0 Å². The maximum absolute atomic E-state index is 12.2. The van der Waals surface area contributed by atoms with Crippen LogP contribution in [0.25, 0.3) is 0 Å². The fourth-order valence-electron chi connectivity index (χ4n) is 2.45. The average molecular weight is 295 g/mol. The number of urea groups is 1. The lowest BCUT2D eigenvalue weighted by Crippen LogP contribution is -2.40. The van der Waals surface area contributed by atoms with Crippen molar-refractivity contribution >= 4 is 12.0 Å². The Morgan fingerprint density at radius 2 is 2.38 bits per heavy atom. The number of likely N-dealkylation sites (tertiary alicyclic amines) is 1. The van der Waals surface area contributed by atoms with Crippen molar-refractivity contribution in [1.29, 1.82) is 0 Å². The molecule has 0 bridgehead atoms. The molecule has 1 fully saturated rings. The van der Waals surface area contributed by atoms with Crippen LogP contribution in [0, 0.1) is 6.92 Å². The molecule has 0 saturated carbocycles. The molecule has 2 heterocycles. The predicted molar refractivity (Wildman–Crippen MR) is 74.6 cm³/mol. The molecule has 7 nitrogen and oxygen atoms in total. The highest BCUT2D eigenvalue weighted by atomic mass is 16.5. The highest BCUT2D eigenvalue weighted by Crippen LogP contribution is 2.32. The fraction of sp³-hybridized carbons (Fsp3) is 0.643. The van der Waals surface area contributed by atoms with Crippen molar-refractivity contribution in [2.75, 3.05) is 19.7 Å². The van der Waals surface area contributed by atoms with E-state index in [1.165, 1.54) is 0 Å². The Kier molecular flexibility index (Phi) is 5.19. The summed E-state index contributed by atoms with van der Waals surface area (Å²) in [4.78, 5) is 25.1. The first-order valence-corrected chi connectivity index (χ1v) is 7.25. The Balaban J connectivity index is 1.85. The molecule has 1 atom stereocenters. The average Bonchev–Trinajstić information content (AvgIpc) is 3.07. The molecule has 0 aromatic carbocycles. The van der Waals surface area contributed by atoms with Crippen molar-refractivity contribution in [2.24, 2.45) is 0 Å². The second-order valence-electron chi connectivity index (χ2n) is 5.01. The summed E-state index contributed by atoms with van der Waals surface area (Å²) in [5.41, 5.74) is 0.805. The SMILES string of the molecule is CCOC(=O)CCNC(=O)N1CCC[C@@H]1c1cc(C)no1. The monoisotopic (exact) mass is 295 g/mol. The predicted octanol–water partition coefficient (Wildman–Crippen LogP) is 1.78. The molecule has 0 spiro atoms. The third-order valence-corrected chi connectivity index (χ3v) is 3.40. The fourth-order valence-corrected chi connectivity index (χ4v) is 2.45. The van der Waals surface area contributed by atoms with Gasteiger partial charge in [0, 0.05) is 19.2 Å². The third-order valence-electron chi connectivity index (χ3n) is 3.40. The number of aromatic nitrogens is 1. The summed E-state index contributed by atoms with van der Waals surface area (Å²) in [6.45, 7) is 4.91. The smallest absolute Gasteiger partial charge is 0.318 e. The number of carbonyl (C=O) groups excluding carboxylic acids is 2. The molecule has 1 N–H and O–H groups in total. The molecule has 2 rings (SSSR count). The van der Waals surface area contributed by atoms with Crippen molar-refractivity contribution in [2.45, 2.75) is 39.2 Å². The van der Waals surface area contributed by atoms with Gasteiger partial charge in [0.05, 0.1) is 24.8 Å². The summed E-state index contributed by atoms with van der Waals surface area (Å²) in [7, 11) is 0. The van der Waals surface area contributed by atoms with Crippen LogP contribution in [0.2, 0.25) is 0 Å². The Morgan fingerprint density at radius 1 is 1.57 bits per heavy atom. The molecule has 2 amide bonds. The first-order valence-electron chi connectivity index (χ1n) is 7.25. The topological polar surface area (TPSA) is 84.7 Å². The van der Waals surface area contributed by atoms with Crippen LogP contribution in [0.5, 0.6) is 0 Å². The van der Waals surface area contributed by atoms with E-state index in [-0.39, 0.29) is 31.0 Å². The molecule has 1 aromatic heterocycles. The molecule has 1 aliphatic heterocycles. The minimum absolute atomic E-state index is 0.0752. The van der Waals surface area contributed by atoms with E-state index in [1.807, 2.05) is 13.0 Å². The second-order valence-corrected chi connectivity index (χ2v) is 5.01. The number of aryl methyl sites for hydroxylation is 1. The zero-order valence-electron chi connectivity index (χ0n) is 12.4. The number of hydrogen-bond donors (Lipinski definition) is 1. The van der Waals surface area contributed by atoms with E-state index in [9.17, 15) is 9.59 Å². The summed E-state index contributed by atoms with van der Waals surface area (Å²) in [6.07, 6.45) is 1.97. The Labute approximate surface area is 123 Å². The van der Waals surface area contributed by atoms with Crippen LogP contribution in [0.1, 0.15) is 43.7 Å². The molecule has 0 aliphatic carbocycles. The third kappa shape index (κ3) is 3.96. The standard InChI is InChI=1S/C14H21N3O4/c1-3-20-13(18)6-7-15-14(19)17-8-4-5-11(17)12-9-10(2)16-21-12/h9,11H,3-8H2,1-2H3,(H,15,19)/t11-/m1/s1. The van der Waals surface area contributed by atoms with E-state index in [0.29, 0.717) is 18.9 Å². The number of nitrogens with zero attached hydrogens (tertiary/aromatic N) is 2. The first kappa shape index (κ1) is 15.3. The van der Waals surface area contributed by atoms with Crippen LogP contribution in [0.15, 0.2) is 10.6 Å². The Bertz CT molecular complexity index is 500. The lowest BCUT2D eigenvalue weighted by molar-refractivity contribution is -0.142. The normalized spacial score (nSPS) is 17.8. The molecule has 7 heteroatoms. The molecule has 1 aliphatic rings. The number of nitrogens with one attached hydrogen (secondary N) is 1. The summed E-state index contributed by atoms with van der Waals surface area (Å²) < 4.78 is 10.1. The molecule has 116 valence electrons. The number of hydrogen-bond acceptors (Lipinski definition) is 5. The van der Waals surface area contributed by atoms with Crippen LogP contribution in [0.4, 0.5) is 4.79 Å². The van der Waals surface area contributed by atoms with Crippen LogP contribution in [-0.4, -0.2) is 41.8 Å². The number of esters is 1. The van der Waals surface area contributed by atoms with E-state index >= 15 is 0 Å². The summed E-state index contributed by atoms with van der Waals surface area (Å²) in [5.74, 6) is 0.409. The lowest BCUT2D eigenvalue weighted by Gasteiger charge is -2.22. The van der Waals surface area contributed by atoms with E-state index in [1.54, 1.807) is 11.8 Å². The van der Waals surface area contributed by atoms with Gasteiger partial charge in [0.2, 0.25) is 0 Å². The summed E-state index contributed by atoms with van der Waals surface area (Å²) in [6, 6.07) is 1.60. The lowest BCUT2D eigenvalue weighted by atomic mass is 10.1. The minimum Gasteiger partial charge on any atom is -0.466 e. The second kappa shape index (κ2) is 7.10. The van der Waals surface area contributed by atoms with Gasteiger partial charge in [0.1, 0.15) is 0 Å². The Hall–Kier alpha value is -2.05. The maximum atomic E-state index is 12.2. The van der Waals surface area contributed by atoms with Crippen LogP contribution >= 0.6 is 0 Å². The number of ether oxygens (including phenoxy) is 1. The molecule has 21 heavy (non-hydrogen) atoms. The molecule has 1 saturated heterocycles. The zero-order valence-corrected chi connectivity index (χ0v) is 12.4. The van der Waals surface area contributed by atoms with Crippen molar-refractivity contribution < 1.29 is 18.8 Å². The van der Waals surface area contributed by atoms with Gasteiger partial charge in [-0.3, -0.25) is 4.79 Å². The van der Waals surface area contributed by atoms with Gasteiger partial charge >= 0.3 is 12.0 Å². The zero-order chi connectivity index (χ0) is 15.2. The van der Waals surface area contributed by atoms with E-state index in [0.717, 1.165) is 18.5 Å². The van der Waals surface area contributed by atoms with Gasteiger partial charge in [-0.25, -0.2) is 4.79 Å². The maximum Gasteiger partial charge on any atom is 0.318 e. The number of rotatable bonds is 5.